The van der Waals surface area contributed by atoms with Crippen LogP contribution >= 0.6 is 0 Å². The Morgan fingerprint density at radius 3 is 2.71 bits per heavy atom. The van der Waals surface area contributed by atoms with Crippen molar-refractivity contribution in [3.05, 3.63) is 64.8 Å². The molecular formula is C23H23N5O3. The maximum Gasteiger partial charge on any atom is 0.280 e. The van der Waals surface area contributed by atoms with Gasteiger partial charge in [0.1, 0.15) is 11.9 Å². The molecule has 31 heavy (non-hydrogen) atoms. The lowest BCUT2D eigenvalue weighted by Crippen LogP contribution is -2.22. The fourth-order valence-electron chi connectivity index (χ4n) is 3.64. The highest BCUT2D eigenvalue weighted by atomic mass is 16.5. The molecule has 0 aliphatic carbocycles. The van der Waals surface area contributed by atoms with Gasteiger partial charge in [-0.2, -0.15) is 4.98 Å². The topological polar surface area (TPSA) is 88.1 Å². The zero-order chi connectivity index (χ0) is 21.4. The molecule has 8 heteroatoms. The molecule has 158 valence electrons. The molecule has 0 bridgehead atoms. The molecule has 2 aromatic heterocycles. The predicted molar refractivity (Wildman–Crippen MR) is 113 cm³/mol. The van der Waals surface area contributed by atoms with Gasteiger partial charge < -0.3 is 14.0 Å². The van der Waals surface area contributed by atoms with E-state index in [1.54, 1.807) is 0 Å². The van der Waals surface area contributed by atoms with Crippen molar-refractivity contribution in [1.82, 2.24) is 25.1 Å². The van der Waals surface area contributed by atoms with E-state index in [1.807, 2.05) is 41.9 Å². The second-order valence-electron chi connectivity index (χ2n) is 7.59. The Morgan fingerprint density at radius 1 is 1.10 bits per heavy atom. The fourth-order valence-corrected chi connectivity index (χ4v) is 3.64. The Balaban J connectivity index is 1.36. The van der Waals surface area contributed by atoms with Crippen LogP contribution in [0.15, 0.2) is 47.0 Å². The third-order valence-electron chi connectivity index (χ3n) is 5.55. The predicted octanol–water partition coefficient (Wildman–Crippen LogP) is 4.28. The van der Waals surface area contributed by atoms with Crippen LogP contribution in [0.1, 0.15) is 35.4 Å². The summed E-state index contributed by atoms with van der Waals surface area (Å²) in [4.78, 5) is 4.54. The molecular weight excluding hydrogens is 394 g/mol. The van der Waals surface area contributed by atoms with Gasteiger partial charge in [-0.15, -0.1) is 5.10 Å². The zero-order valence-electron chi connectivity index (χ0n) is 17.7. The Morgan fingerprint density at radius 2 is 1.94 bits per heavy atom. The average molecular weight is 417 g/mol. The first-order valence-electron chi connectivity index (χ1n) is 10.3. The number of aryl methyl sites for hydroxylation is 2. The number of fused-ring (bicyclic) bond motifs is 1. The molecule has 3 heterocycles. The molecule has 5 rings (SSSR count). The highest BCUT2D eigenvalue weighted by Gasteiger charge is 2.28. The first-order chi connectivity index (χ1) is 15.1. The highest BCUT2D eigenvalue weighted by Crippen LogP contribution is 2.31. The normalized spacial score (nSPS) is 15.6. The van der Waals surface area contributed by atoms with E-state index in [2.05, 4.69) is 46.4 Å². The molecule has 0 saturated carbocycles. The number of hydrogen-bond donors (Lipinski definition) is 0. The van der Waals surface area contributed by atoms with Crippen LogP contribution in [0.3, 0.4) is 0 Å². The lowest BCUT2D eigenvalue weighted by Gasteiger charge is -2.24. The van der Waals surface area contributed by atoms with Crippen LogP contribution in [-0.2, 0) is 17.9 Å². The SMILES string of the molecule is CCOc1ccc([C@H]2Cn3nnc(-c4nc(-c5ccc(C)c(C)c5)no4)c3CO2)cc1. The van der Waals surface area contributed by atoms with Gasteiger partial charge in [0.05, 0.1) is 25.5 Å². The summed E-state index contributed by atoms with van der Waals surface area (Å²) in [5.41, 5.74) is 5.77. The molecule has 0 N–H and O–H groups in total. The number of rotatable bonds is 5. The molecule has 1 aliphatic heterocycles. The van der Waals surface area contributed by atoms with Crippen molar-refractivity contribution in [3.63, 3.8) is 0 Å². The van der Waals surface area contributed by atoms with E-state index >= 15 is 0 Å². The van der Waals surface area contributed by atoms with Gasteiger partial charge in [-0.05, 0) is 55.7 Å². The lowest BCUT2D eigenvalue weighted by atomic mass is 10.1. The van der Waals surface area contributed by atoms with Gasteiger partial charge in [-0.3, -0.25) is 0 Å². The first kappa shape index (κ1) is 19.4. The number of aromatic nitrogens is 5. The van der Waals surface area contributed by atoms with Gasteiger partial charge in [-0.25, -0.2) is 4.68 Å². The summed E-state index contributed by atoms with van der Waals surface area (Å²) in [6.45, 7) is 7.68. The molecule has 1 atom stereocenters. The summed E-state index contributed by atoms with van der Waals surface area (Å²) < 4.78 is 19.0. The van der Waals surface area contributed by atoms with Crippen LogP contribution in [0.25, 0.3) is 23.0 Å². The summed E-state index contributed by atoms with van der Waals surface area (Å²) in [6.07, 6.45) is -0.105. The van der Waals surface area contributed by atoms with Gasteiger partial charge in [-0.1, -0.05) is 34.6 Å². The third-order valence-corrected chi connectivity index (χ3v) is 5.55. The van der Waals surface area contributed by atoms with Crippen LogP contribution in [0.2, 0.25) is 0 Å². The second kappa shape index (κ2) is 7.96. The van der Waals surface area contributed by atoms with Gasteiger partial charge in [0, 0.05) is 5.56 Å². The summed E-state index contributed by atoms with van der Waals surface area (Å²) >= 11 is 0. The monoisotopic (exact) mass is 417 g/mol. The molecule has 0 radical (unpaired) electrons. The van der Waals surface area contributed by atoms with E-state index < -0.39 is 0 Å². The average Bonchev–Trinajstić information content (AvgIpc) is 3.43. The minimum atomic E-state index is -0.105. The quantitative estimate of drug-likeness (QED) is 0.479. The van der Waals surface area contributed by atoms with E-state index in [4.69, 9.17) is 14.0 Å². The smallest absolute Gasteiger partial charge is 0.280 e. The highest BCUT2D eigenvalue weighted by molar-refractivity contribution is 5.60. The summed E-state index contributed by atoms with van der Waals surface area (Å²) in [7, 11) is 0. The van der Waals surface area contributed by atoms with Crippen molar-refractivity contribution in [1.29, 1.82) is 0 Å². The van der Waals surface area contributed by atoms with E-state index in [0.717, 1.165) is 22.6 Å². The van der Waals surface area contributed by atoms with E-state index in [-0.39, 0.29) is 6.10 Å². The van der Waals surface area contributed by atoms with Crippen molar-refractivity contribution in [2.75, 3.05) is 6.61 Å². The molecule has 4 aromatic rings. The Labute approximate surface area is 179 Å². The molecule has 0 amide bonds. The Hall–Kier alpha value is -3.52. The van der Waals surface area contributed by atoms with E-state index in [0.29, 0.717) is 37.2 Å². The van der Waals surface area contributed by atoms with Crippen LogP contribution in [-0.4, -0.2) is 31.7 Å². The maximum atomic E-state index is 6.10. The minimum absolute atomic E-state index is 0.105. The second-order valence-corrected chi connectivity index (χ2v) is 7.59. The third kappa shape index (κ3) is 3.70. The molecule has 1 aliphatic rings. The number of nitrogens with zero attached hydrogens (tertiary/aromatic N) is 5. The van der Waals surface area contributed by atoms with Crippen molar-refractivity contribution < 1.29 is 14.0 Å². The lowest BCUT2D eigenvalue weighted by molar-refractivity contribution is -0.00119. The van der Waals surface area contributed by atoms with Gasteiger partial charge in [0.2, 0.25) is 5.82 Å². The van der Waals surface area contributed by atoms with Crippen molar-refractivity contribution in [2.45, 2.75) is 40.0 Å². The number of ether oxygens (including phenoxy) is 2. The largest absolute Gasteiger partial charge is 0.494 e. The minimum Gasteiger partial charge on any atom is -0.494 e. The molecule has 0 spiro atoms. The number of hydrogen-bond acceptors (Lipinski definition) is 7. The first-order valence-corrected chi connectivity index (χ1v) is 10.3. The van der Waals surface area contributed by atoms with Crippen LogP contribution < -0.4 is 4.74 Å². The maximum absolute atomic E-state index is 6.10. The molecule has 2 aromatic carbocycles. The fraction of sp³-hybridized carbons (Fsp3) is 0.304. The molecule has 0 unspecified atom stereocenters. The standard InChI is InChI=1S/C23H23N5O3/c1-4-29-18-9-7-16(8-10-18)20-12-28-19(13-30-20)21(25-27-28)23-24-22(26-31-23)17-6-5-14(2)15(3)11-17/h5-11,20H,4,12-13H2,1-3H3/t20-/m1/s1. The molecule has 8 nitrogen and oxygen atoms in total. The molecule has 0 fully saturated rings. The van der Waals surface area contributed by atoms with E-state index in [9.17, 15) is 0 Å². The summed E-state index contributed by atoms with van der Waals surface area (Å²) in [6, 6.07) is 14.0. The van der Waals surface area contributed by atoms with Crippen molar-refractivity contribution >= 4 is 0 Å². The Kier molecular flexibility index (Phi) is 4.99. The van der Waals surface area contributed by atoms with Crippen molar-refractivity contribution in [2.24, 2.45) is 0 Å². The van der Waals surface area contributed by atoms with Crippen molar-refractivity contribution in [3.8, 4) is 28.7 Å². The van der Waals surface area contributed by atoms with Crippen LogP contribution in [0.5, 0.6) is 5.75 Å². The molecule has 0 saturated heterocycles. The number of benzene rings is 2. The zero-order valence-corrected chi connectivity index (χ0v) is 17.7. The van der Waals surface area contributed by atoms with Gasteiger partial charge in [0.25, 0.3) is 5.89 Å². The van der Waals surface area contributed by atoms with Gasteiger partial charge >= 0.3 is 0 Å². The van der Waals surface area contributed by atoms with Gasteiger partial charge in [0.15, 0.2) is 5.69 Å². The summed E-state index contributed by atoms with van der Waals surface area (Å²) in [5, 5.41) is 12.7. The van der Waals surface area contributed by atoms with Crippen LogP contribution in [0, 0.1) is 13.8 Å². The van der Waals surface area contributed by atoms with E-state index in [1.165, 1.54) is 11.1 Å². The van der Waals surface area contributed by atoms with Crippen LogP contribution in [0.4, 0.5) is 0 Å². The Bertz CT molecular complexity index is 1210. The summed E-state index contributed by atoms with van der Waals surface area (Å²) in [5.74, 6) is 1.73.